The van der Waals surface area contributed by atoms with Crippen molar-refractivity contribution in [2.45, 2.75) is 13.8 Å². The number of hydrogen-bond acceptors (Lipinski definition) is 8. The minimum atomic E-state index is -0.528. The van der Waals surface area contributed by atoms with Crippen molar-refractivity contribution in [3.63, 3.8) is 0 Å². The van der Waals surface area contributed by atoms with Crippen molar-refractivity contribution in [3.05, 3.63) is 86.2 Å². The molecule has 0 saturated heterocycles. The summed E-state index contributed by atoms with van der Waals surface area (Å²) in [6.45, 7) is 3.64. The van der Waals surface area contributed by atoms with Crippen LogP contribution in [0.25, 0.3) is 17.2 Å². The van der Waals surface area contributed by atoms with Crippen molar-refractivity contribution in [2.75, 3.05) is 5.73 Å². The number of nitrogens with zero attached hydrogens (tertiary/aromatic N) is 5. The number of hydrogen-bond donors (Lipinski definition) is 1. The summed E-state index contributed by atoms with van der Waals surface area (Å²) in [5, 5.41) is 29.9. The fraction of sp³-hybridized carbons (Fsp3) is 0.0833. The van der Waals surface area contributed by atoms with E-state index >= 15 is 0 Å². The first-order valence-electron chi connectivity index (χ1n) is 9.76. The predicted octanol–water partition coefficient (Wildman–Crippen LogP) is 4.79. The second-order valence-electron chi connectivity index (χ2n) is 7.29. The third-order valence-corrected chi connectivity index (χ3v) is 5.33. The van der Waals surface area contributed by atoms with E-state index in [9.17, 15) is 20.6 Å². The molecule has 2 heterocycles. The summed E-state index contributed by atoms with van der Waals surface area (Å²) in [7, 11) is 0. The molecule has 33 heavy (non-hydrogen) atoms. The van der Waals surface area contributed by atoms with E-state index in [0.29, 0.717) is 28.1 Å². The highest BCUT2D eigenvalue weighted by Crippen LogP contribution is 2.44. The minimum Gasteiger partial charge on any atom is -0.439 e. The van der Waals surface area contributed by atoms with Gasteiger partial charge in [0.15, 0.2) is 0 Å². The number of allylic oxidation sites excluding steroid dienone is 3. The van der Waals surface area contributed by atoms with Gasteiger partial charge in [0, 0.05) is 17.7 Å². The van der Waals surface area contributed by atoms with Gasteiger partial charge in [-0.1, -0.05) is 12.1 Å². The largest absolute Gasteiger partial charge is 0.439 e. The number of pyridine rings is 2. The van der Waals surface area contributed by atoms with E-state index in [-0.39, 0.29) is 17.4 Å². The van der Waals surface area contributed by atoms with Gasteiger partial charge >= 0.3 is 0 Å². The van der Waals surface area contributed by atoms with E-state index in [1.54, 1.807) is 19.1 Å². The number of nitriles is 2. The maximum Gasteiger partial charge on any atom is 0.287 e. The predicted molar refractivity (Wildman–Crippen MR) is 122 cm³/mol. The van der Waals surface area contributed by atoms with Crippen LogP contribution in [-0.4, -0.2) is 14.9 Å². The number of fused-ring (bicyclic) bond motifs is 1. The van der Waals surface area contributed by atoms with Crippen LogP contribution in [0.15, 0.2) is 48.2 Å². The second kappa shape index (κ2) is 8.25. The van der Waals surface area contributed by atoms with Crippen LogP contribution in [0.3, 0.4) is 0 Å². The Kier molecular flexibility index (Phi) is 5.31. The molecular weight excluding hydrogens is 420 g/mol. The standard InChI is InChI=1S/C24H16N6O3/c1-13-18(22-14(2)20(11-26)24(27)29-23(22)19(13)10-25)9-15-3-6-17(7-4-15)33-21-8-5-16(12-28-21)30(31)32/h3-9,12H,1-2H3,(H2,27,29)/b18-9-. The summed E-state index contributed by atoms with van der Waals surface area (Å²) in [6, 6.07) is 14.2. The molecule has 160 valence electrons. The Hall–Kier alpha value is -5.02. The molecule has 0 radical (unpaired) electrons. The van der Waals surface area contributed by atoms with Crippen LogP contribution in [0.4, 0.5) is 11.5 Å². The van der Waals surface area contributed by atoms with Crippen molar-refractivity contribution in [1.82, 2.24) is 9.97 Å². The van der Waals surface area contributed by atoms with Gasteiger partial charge in [0.1, 0.15) is 29.9 Å². The van der Waals surface area contributed by atoms with E-state index < -0.39 is 4.92 Å². The molecule has 0 bridgehead atoms. The van der Waals surface area contributed by atoms with Gasteiger partial charge in [-0.3, -0.25) is 10.1 Å². The molecule has 0 amide bonds. The van der Waals surface area contributed by atoms with Gasteiger partial charge in [-0.25, -0.2) is 9.97 Å². The summed E-state index contributed by atoms with van der Waals surface area (Å²) in [4.78, 5) is 18.5. The summed E-state index contributed by atoms with van der Waals surface area (Å²) in [5.74, 6) is 0.849. The number of ether oxygens (including phenoxy) is 1. The fourth-order valence-corrected chi connectivity index (χ4v) is 3.66. The molecular formula is C24H16N6O3. The lowest BCUT2D eigenvalue weighted by atomic mass is 9.95. The Bertz CT molecular complexity index is 1440. The molecule has 2 N–H and O–H groups in total. The van der Waals surface area contributed by atoms with Crippen LogP contribution in [0.5, 0.6) is 11.6 Å². The highest BCUT2D eigenvalue weighted by atomic mass is 16.6. The number of aromatic nitrogens is 2. The Morgan fingerprint density at radius 3 is 2.42 bits per heavy atom. The summed E-state index contributed by atoms with van der Waals surface area (Å²) in [5.41, 5.74) is 10.8. The van der Waals surface area contributed by atoms with Crippen LogP contribution >= 0.6 is 0 Å². The average molecular weight is 436 g/mol. The van der Waals surface area contributed by atoms with Gasteiger partial charge in [-0.05, 0) is 54.3 Å². The quantitative estimate of drug-likeness (QED) is 0.452. The number of nitrogen functional groups attached to an aromatic ring is 1. The van der Waals surface area contributed by atoms with Gasteiger partial charge < -0.3 is 10.5 Å². The maximum absolute atomic E-state index is 10.7. The molecule has 0 spiro atoms. The summed E-state index contributed by atoms with van der Waals surface area (Å²) >= 11 is 0. The summed E-state index contributed by atoms with van der Waals surface area (Å²) in [6.07, 6.45) is 3.05. The van der Waals surface area contributed by atoms with Crippen LogP contribution < -0.4 is 10.5 Å². The first-order chi connectivity index (χ1) is 15.8. The molecule has 1 aliphatic rings. The van der Waals surface area contributed by atoms with E-state index in [4.69, 9.17) is 10.5 Å². The van der Waals surface area contributed by atoms with Crippen LogP contribution in [0, 0.1) is 39.7 Å². The maximum atomic E-state index is 10.7. The highest BCUT2D eigenvalue weighted by Gasteiger charge is 2.29. The topological polar surface area (TPSA) is 152 Å². The SMILES string of the molecule is CC1=C(C#N)c2nc(N)c(C#N)c(C)c2/C1=C\c1ccc(Oc2ccc([N+](=O)[O-])cn2)cc1. The zero-order chi connectivity index (χ0) is 23.7. The highest BCUT2D eigenvalue weighted by molar-refractivity contribution is 6.08. The Balaban J connectivity index is 1.67. The number of nitrogens with two attached hydrogens (primary N) is 1. The van der Waals surface area contributed by atoms with Crippen LogP contribution in [-0.2, 0) is 0 Å². The smallest absolute Gasteiger partial charge is 0.287 e. The lowest BCUT2D eigenvalue weighted by Gasteiger charge is -2.11. The van der Waals surface area contributed by atoms with Crippen LogP contribution in [0.1, 0.15) is 34.9 Å². The van der Waals surface area contributed by atoms with Crippen molar-refractivity contribution >= 4 is 28.7 Å². The Morgan fingerprint density at radius 1 is 1.12 bits per heavy atom. The first-order valence-corrected chi connectivity index (χ1v) is 9.76. The van der Waals surface area contributed by atoms with Crippen molar-refractivity contribution in [2.24, 2.45) is 0 Å². The molecule has 2 aromatic heterocycles. The molecule has 0 fully saturated rings. The molecule has 1 aliphatic carbocycles. The van der Waals surface area contributed by atoms with Gasteiger partial charge in [0.05, 0.1) is 21.8 Å². The third kappa shape index (κ3) is 3.75. The molecule has 1 aromatic carbocycles. The molecule has 0 unspecified atom stereocenters. The van der Waals surface area contributed by atoms with Crippen LogP contribution in [0.2, 0.25) is 0 Å². The number of nitro groups is 1. The molecule has 0 atom stereocenters. The van der Waals surface area contributed by atoms with Gasteiger partial charge in [-0.15, -0.1) is 0 Å². The lowest BCUT2D eigenvalue weighted by Crippen LogP contribution is -2.03. The van der Waals surface area contributed by atoms with E-state index in [1.807, 2.05) is 25.1 Å². The molecule has 0 aliphatic heterocycles. The Morgan fingerprint density at radius 2 is 1.85 bits per heavy atom. The fourth-order valence-electron chi connectivity index (χ4n) is 3.66. The number of rotatable bonds is 4. The molecule has 4 rings (SSSR count). The van der Waals surface area contributed by atoms with Crippen molar-refractivity contribution in [1.29, 1.82) is 10.5 Å². The number of anilines is 1. The monoisotopic (exact) mass is 436 g/mol. The molecule has 0 saturated carbocycles. The number of benzene rings is 1. The third-order valence-electron chi connectivity index (χ3n) is 5.33. The van der Waals surface area contributed by atoms with Crippen molar-refractivity contribution in [3.8, 4) is 23.8 Å². The molecule has 3 aromatic rings. The normalized spacial score (nSPS) is 13.4. The van der Waals surface area contributed by atoms with Gasteiger partial charge in [0.25, 0.3) is 5.69 Å². The lowest BCUT2D eigenvalue weighted by molar-refractivity contribution is -0.385. The second-order valence-corrected chi connectivity index (χ2v) is 7.29. The minimum absolute atomic E-state index is 0.108. The zero-order valence-corrected chi connectivity index (χ0v) is 17.7. The zero-order valence-electron chi connectivity index (χ0n) is 17.7. The van der Waals surface area contributed by atoms with Gasteiger partial charge in [-0.2, -0.15) is 10.5 Å². The van der Waals surface area contributed by atoms with E-state index in [1.165, 1.54) is 12.1 Å². The van der Waals surface area contributed by atoms with E-state index in [2.05, 4.69) is 22.1 Å². The average Bonchev–Trinajstić information content (AvgIpc) is 3.06. The molecule has 9 heteroatoms. The van der Waals surface area contributed by atoms with Gasteiger partial charge in [0.2, 0.25) is 5.88 Å². The first kappa shape index (κ1) is 21.2. The summed E-state index contributed by atoms with van der Waals surface area (Å²) < 4.78 is 5.65. The van der Waals surface area contributed by atoms with E-state index in [0.717, 1.165) is 28.5 Å². The Labute approximate surface area is 188 Å². The van der Waals surface area contributed by atoms with Crippen molar-refractivity contribution < 1.29 is 9.66 Å². The molecule has 9 nitrogen and oxygen atoms in total.